The second-order valence-electron chi connectivity index (χ2n) is 2.76. The van der Waals surface area contributed by atoms with Crippen LogP contribution in [0.3, 0.4) is 0 Å². The third-order valence-corrected chi connectivity index (χ3v) is 1.84. The van der Waals surface area contributed by atoms with E-state index < -0.39 is 0 Å². The maximum atomic E-state index is 12.6. The second kappa shape index (κ2) is 3.50. The Morgan fingerprint density at radius 3 is 2.75 bits per heavy atom. The Hall–Kier alpha value is -1.15. The van der Waals surface area contributed by atoms with Gasteiger partial charge in [0.2, 0.25) is 0 Å². The predicted octanol–water partition coefficient (Wildman–Crippen LogP) is 2.32. The molecule has 0 aliphatic carbocycles. The van der Waals surface area contributed by atoms with Crippen molar-refractivity contribution in [2.75, 3.05) is 0 Å². The quantitative estimate of drug-likeness (QED) is 0.669. The van der Waals surface area contributed by atoms with Crippen molar-refractivity contribution in [1.82, 2.24) is 0 Å². The van der Waals surface area contributed by atoms with E-state index in [0.29, 0.717) is 0 Å². The molecule has 1 aromatic carbocycles. The van der Waals surface area contributed by atoms with Gasteiger partial charge in [-0.05, 0) is 30.2 Å². The molecule has 0 fully saturated rings. The highest BCUT2D eigenvalue weighted by molar-refractivity contribution is 5.31. The molecule has 0 unspecified atom stereocenters. The Balaban J connectivity index is 3.09. The molecule has 0 bridgehead atoms. The van der Waals surface area contributed by atoms with Gasteiger partial charge in [-0.1, -0.05) is 12.1 Å². The molecule has 1 nitrogen and oxygen atoms in total. The maximum Gasteiger partial charge on any atom is 0.123 e. The van der Waals surface area contributed by atoms with Gasteiger partial charge in [0.05, 0.1) is 0 Å². The first-order valence-corrected chi connectivity index (χ1v) is 3.79. The Kier molecular flexibility index (Phi) is 2.61. The first-order chi connectivity index (χ1) is 5.65. The lowest BCUT2D eigenvalue weighted by Gasteiger charge is -2.09. The minimum atomic E-state index is -0.229. The lowest BCUT2D eigenvalue weighted by molar-refractivity contribution is 0.625. The fourth-order valence-electron chi connectivity index (χ4n) is 1.14. The van der Waals surface area contributed by atoms with Crippen molar-refractivity contribution >= 4 is 0 Å². The Morgan fingerprint density at radius 2 is 2.25 bits per heavy atom. The number of hydrogen-bond donors (Lipinski definition) is 1. The van der Waals surface area contributed by atoms with E-state index in [9.17, 15) is 4.39 Å². The molecule has 1 rings (SSSR count). The van der Waals surface area contributed by atoms with Crippen LogP contribution in [0.15, 0.2) is 30.9 Å². The van der Waals surface area contributed by atoms with E-state index in [1.54, 1.807) is 12.1 Å². The van der Waals surface area contributed by atoms with Gasteiger partial charge >= 0.3 is 0 Å². The van der Waals surface area contributed by atoms with Gasteiger partial charge in [-0.3, -0.25) is 0 Å². The summed E-state index contributed by atoms with van der Waals surface area (Å²) in [5, 5.41) is 0. The summed E-state index contributed by atoms with van der Waals surface area (Å²) in [4.78, 5) is 0. The second-order valence-corrected chi connectivity index (χ2v) is 2.76. The molecule has 0 heterocycles. The monoisotopic (exact) mass is 165 g/mol. The molecule has 0 saturated heterocycles. The van der Waals surface area contributed by atoms with Crippen molar-refractivity contribution in [2.24, 2.45) is 5.73 Å². The van der Waals surface area contributed by atoms with Gasteiger partial charge in [0, 0.05) is 6.04 Å². The summed E-state index contributed by atoms with van der Waals surface area (Å²) >= 11 is 0. The number of hydrogen-bond acceptors (Lipinski definition) is 1. The highest BCUT2D eigenvalue weighted by Crippen LogP contribution is 2.16. The Bertz CT molecular complexity index is 294. The van der Waals surface area contributed by atoms with Gasteiger partial charge in [-0.2, -0.15) is 0 Å². The molecule has 0 radical (unpaired) electrons. The van der Waals surface area contributed by atoms with Crippen LogP contribution in [0.1, 0.15) is 17.2 Å². The van der Waals surface area contributed by atoms with Gasteiger partial charge < -0.3 is 5.73 Å². The zero-order valence-electron chi connectivity index (χ0n) is 7.05. The van der Waals surface area contributed by atoms with E-state index >= 15 is 0 Å². The summed E-state index contributed by atoms with van der Waals surface area (Å²) in [6.45, 7) is 5.42. The fourth-order valence-corrected chi connectivity index (χ4v) is 1.14. The summed E-state index contributed by atoms with van der Waals surface area (Å²) in [7, 11) is 0. The van der Waals surface area contributed by atoms with Crippen LogP contribution in [0.25, 0.3) is 0 Å². The first-order valence-electron chi connectivity index (χ1n) is 3.79. The van der Waals surface area contributed by atoms with Crippen LogP contribution in [-0.2, 0) is 0 Å². The molecule has 2 heteroatoms. The van der Waals surface area contributed by atoms with E-state index in [2.05, 4.69) is 6.58 Å². The van der Waals surface area contributed by atoms with E-state index in [1.165, 1.54) is 12.1 Å². The summed E-state index contributed by atoms with van der Waals surface area (Å²) in [5.74, 6) is -0.229. The highest BCUT2D eigenvalue weighted by atomic mass is 19.1. The van der Waals surface area contributed by atoms with Crippen molar-refractivity contribution in [1.29, 1.82) is 0 Å². The number of benzene rings is 1. The van der Waals surface area contributed by atoms with Crippen LogP contribution in [-0.4, -0.2) is 0 Å². The van der Waals surface area contributed by atoms with Crippen molar-refractivity contribution in [3.63, 3.8) is 0 Å². The maximum absolute atomic E-state index is 12.6. The number of aryl methyl sites for hydroxylation is 1. The Morgan fingerprint density at radius 1 is 1.58 bits per heavy atom. The molecule has 0 aliphatic rings. The average Bonchev–Trinajstić information content (AvgIpc) is 2.03. The molecule has 1 aromatic rings. The van der Waals surface area contributed by atoms with Gasteiger partial charge in [-0.25, -0.2) is 4.39 Å². The number of rotatable bonds is 2. The van der Waals surface area contributed by atoms with Crippen molar-refractivity contribution in [3.8, 4) is 0 Å². The average molecular weight is 165 g/mol. The van der Waals surface area contributed by atoms with Gasteiger partial charge in [0.15, 0.2) is 0 Å². The molecular formula is C10H12FN. The van der Waals surface area contributed by atoms with E-state index in [0.717, 1.165) is 11.1 Å². The van der Waals surface area contributed by atoms with Gasteiger partial charge in [0.1, 0.15) is 5.82 Å². The molecule has 0 amide bonds. The third kappa shape index (κ3) is 1.71. The van der Waals surface area contributed by atoms with E-state index in [1.807, 2.05) is 6.92 Å². The topological polar surface area (TPSA) is 26.0 Å². The minimum absolute atomic E-state index is 0.203. The smallest absolute Gasteiger partial charge is 0.123 e. The predicted molar refractivity (Wildman–Crippen MR) is 48.3 cm³/mol. The molecule has 0 spiro atoms. The molecule has 2 N–H and O–H groups in total. The first kappa shape index (κ1) is 8.94. The SMILES string of the molecule is C=C[C@H](N)c1ccc(F)cc1C. The third-order valence-electron chi connectivity index (χ3n) is 1.84. The fraction of sp³-hybridized carbons (Fsp3) is 0.200. The van der Waals surface area contributed by atoms with Crippen LogP contribution < -0.4 is 5.73 Å². The normalized spacial score (nSPS) is 12.6. The van der Waals surface area contributed by atoms with Crippen LogP contribution in [0.4, 0.5) is 4.39 Å². The summed E-state index contributed by atoms with van der Waals surface area (Å²) in [6.07, 6.45) is 1.64. The van der Waals surface area contributed by atoms with Gasteiger partial charge in [0.25, 0.3) is 0 Å². The lowest BCUT2D eigenvalue weighted by Crippen LogP contribution is -2.08. The summed E-state index contributed by atoms with van der Waals surface area (Å²) in [6, 6.07) is 4.37. The standard InChI is InChI=1S/C10H12FN/c1-3-10(12)9-5-4-8(11)6-7(9)2/h3-6,10H,1,12H2,2H3/t10-/m0/s1. The van der Waals surface area contributed by atoms with Gasteiger partial charge in [-0.15, -0.1) is 6.58 Å². The molecule has 0 aromatic heterocycles. The van der Waals surface area contributed by atoms with Crippen LogP contribution in [0, 0.1) is 12.7 Å². The molecule has 0 aliphatic heterocycles. The molecule has 0 saturated carbocycles. The zero-order chi connectivity index (χ0) is 9.14. The van der Waals surface area contributed by atoms with Crippen molar-refractivity contribution in [3.05, 3.63) is 47.8 Å². The van der Waals surface area contributed by atoms with Crippen LogP contribution in [0.5, 0.6) is 0 Å². The summed E-state index contributed by atoms with van der Waals surface area (Å²) < 4.78 is 12.6. The number of nitrogens with two attached hydrogens (primary N) is 1. The van der Waals surface area contributed by atoms with Crippen LogP contribution in [0.2, 0.25) is 0 Å². The number of halogens is 1. The van der Waals surface area contributed by atoms with E-state index in [4.69, 9.17) is 5.73 Å². The largest absolute Gasteiger partial charge is 0.321 e. The molecule has 1 atom stereocenters. The summed E-state index contributed by atoms with van der Waals surface area (Å²) in [5.41, 5.74) is 7.49. The molecular weight excluding hydrogens is 153 g/mol. The zero-order valence-corrected chi connectivity index (χ0v) is 7.05. The minimum Gasteiger partial charge on any atom is -0.321 e. The van der Waals surface area contributed by atoms with Crippen LogP contribution >= 0.6 is 0 Å². The Labute approximate surface area is 71.7 Å². The molecule has 12 heavy (non-hydrogen) atoms. The van der Waals surface area contributed by atoms with Crippen molar-refractivity contribution in [2.45, 2.75) is 13.0 Å². The van der Waals surface area contributed by atoms with Crippen molar-refractivity contribution < 1.29 is 4.39 Å². The van der Waals surface area contributed by atoms with E-state index in [-0.39, 0.29) is 11.9 Å². The lowest BCUT2D eigenvalue weighted by atomic mass is 10.0. The highest BCUT2D eigenvalue weighted by Gasteiger charge is 2.04. The molecule has 64 valence electrons.